The number of aromatic nitrogens is 2. The summed E-state index contributed by atoms with van der Waals surface area (Å²) in [6.45, 7) is 0. The second-order valence-electron chi connectivity index (χ2n) is 5.28. The summed E-state index contributed by atoms with van der Waals surface area (Å²) in [5, 5.41) is 1.17. The Morgan fingerprint density at radius 1 is 0.929 bits per heavy atom. The van der Waals surface area contributed by atoms with Gasteiger partial charge in [-0.3, -0.25) is 4.72 Å². The normalized spacial score (nSPS) is 11.8. The third-order valence-corrected chi connectivity index (χ3v) is 5.45. The first-order chi connectivity index (χ1) is 13.2. The zero-order valence-corrected chi connectivity index (χ0v) is 15.6. The zero-order valence-electron chi connectivity index (χ0n) is 13.9. The second-order valence-corrected chi connectivity index (χ2v) is 8.00. The smallest absolute Gasteiger partial charge is 0.406 e. The van der Waals surface area contributed by atoms with Crippen LogP contribution in [0.15, 0.2) is 81.9 Å². The largest absolute Gasteiger partial charge is 0.573 e. The molecule has 0 aliphatic rings. The van der Waals surface area contributed by atoms with Crippen LogP contribution in [0.5, 0.6) is 5.75 Å². The molecule has 0 unspecified atom stereocenters. The first-order valence-electron chi connectivity index (χ1n) is 7.65. The highest BCUT2D eigenvalue weighted by Crippen LogP contribution is 2.28. The lowest BCUT2D eigenvalue weighted by molar-refractivity contribution is -0.274. The minimum Gasteiger partial charge on any atom is -0.406 e. The second kappa shape index (κ2) is 8.07. The highest BCUT2D eigenvalue weighted by Gasteiger charge is 2.31. The standard InChI is InChI=1S/C17H12F3N3O3S2/c18-17(19,20)26-13-4-3-5-14(11-13)28(24,25)23-12-7-9-22-16(10-12)27-15-6-1-2-8-21-15/h1-11H,(H,22,23). The Balaban J connectivity index is 1.79. The Bertz CT molecular complexity index is 1060. The summed E-state index contributed by atoms with van der Waals surface area (Å²) in [6.07, 6.45) is -1.89. The number of pyridine rings is 2. The SMILES string of the molecule is O=S(=O)(Nc1ccnc(Sc2ccccn2)c1)c1cccc(OC(F)(F)F)c1. The molecule has 146 valence electrons. The number of halogens is 3. The molecule has 1 aromatic carbocycles. The molecule has 0 aliphatic carbocycles. The highest BCUT2D eigenvalue weighted by molar-refractivity contribution is 7.99. The number of hydrogen-bond acceptors (Lipinski definition) is 6. The molecule has 0 bridgehead atoms. The Labute approximate surface area is 162 Å². The lowest BCUT2D eigenvalue weighted by Crippen LogP contribution is -2.18. The van der Waals surface area contributed by atoms with Gasteiger partial charge in [0.2, 0.25) is 0 Å². The first kappa shape index (κ1) is 20.0. The molecule has 0 spiro atoms. The van der Waals surface area contributed by atoms with Gasteiger partial charge >= 0.3 is 6.36 Å². The molecule has 0 aliphatic heterocycles. The number of ether oxygens (including phenoxy) is 1. The summed E-state index contributed by atoms with van der Waals surface area (Å²) in [6, 6.07) is 12.4. The summed E-state index contributed by atoms with van der Waals surface area (Å²) < 4.78 is 68.1. The van der Waals surface area contributed by atoms with Crippen molar-refractivity contribution >= 4 is 27.5 Å². The van der Waals surface area contributed by atoms with Gasteiger partial charge in [0.25, 0.3) is 10.0 Å². The van der Waals surface area contributed by atoms with Crippen molar-refractivity contribution in [1.82, 2.24) is 9.97 Å². The summed E-state index contributed by atoms with van der Waals surface area (Å²) >= 11 is 1.23. The van der Waals surface area contributed by atoms with E-state index in [0.29, 0.717) is 10.1 Å². The van der Waals surface area contributed by atoms with E-state index in [0.717, 1.165) is 24.3 Å². The molecule has 0 radical (unpaired) electrons. The van der Waals surface area contributed by atoms with Crippen LogP contribution in [0.1, 0.15) is 0 Å². The van der Waals surface area contributed by atoms with Crippen molar-refractivity contribution in [3.8, 4) is 5.75 Å². The molecule has 2 aromatic heterocycles. The maximum Gasteiger partial charge on any atom is 0.573 e. The van der Waals surface area contributed by atoms with E-state index in [1.165, 1.54) is 30.1 Å². The third kappa shape index (κ3) is 5.60. The molecular formula is C17H12F3N3O3S2. The topological polar surface area (TPSA) is 81.2 Å². The fraction of sp³-hybridized carbons (Fsp3) is 0.0588. The third-order valence-electron chi connectivity index (χ3n) is 3.18. The number of rotatable bonds is 6. The summed E-state index contributed by atoms with van der Waals surface area (Å²) in [4.78, 5) is 7.91. The Morgan fingerprint density at radius 3 is 2.43 bits per heavy atom. The minimum atomic E-state index is -4.92. The Hall–Kier alpha value is -2.79. The molecule has 0 fully saturated rings. The molecular weight excluding hydrogens is 415 g/mol. The van der Waals surface area contributed by atoms with Crippen LogP contribution in [0, 0.1) is 0 Å². The maximum absolute atomic E-state index is 12.5. The highest BCUT2D eigenvalue weighted by atomic mass is 32.2. The van der Waals surface area contributed by atoms with Crippen molar-refractivity contribution in [2.24, 2.45) is 0 Å². The van der Waals surface area contributed by atoms with Crippen LogP contribution < -0.4 is 9.46 Å². The fourth-order valence-electron chi connectivity index (χ4n) is 2.10. The molecule has 0 atom stereocenters. The van der Waals surface area contributed by atoms with Crippen LogP contribution in [0.4, 0.5) is 18.9 Å². The number of anilines is 1. The van der Waals surface area contributed by atoms with Gasteiger partial charge in [-0.05, 0) is 36.4 Å². The number of alkyl halides is 3. The minimum absolute atomic E-state index is 0.204. The number of nitrogens with zero attached hydrogens (tertiary/aromatic N) is 2. The van der Waals surface area contributed by atoms with E-state index in [2.05, 4.69) is 19.4 Å². The van der Waals surface area contributed by atoms with E-state index in [4.69, 9.17) is 0 Å². The fourth-order valence-corrected chi connectivity index (χ4v) is 3.95. The van der Waals surface area contributed by atoms with Crippen molar-refractivity contribution in [2.45, 2.75) is 21.3 Å². The van der Waals surface area contributed by atoms with E-state index in [1.807, 2.05) is 0 Å². The van der Waals surface area contributed by atoms with Gasteiger partial charge in [-0.15, -0.1) is 13.2 Å². The average Bonchev–Trinajstić information content (AvgIpc) is 2.61. The van der Waals surface area contributed by atoms with Crippen molar-refractivity contribution in [3.05, 3.63) is 67.0 Å². The number of hydrogen-bond donors (Lipinski definition) is 1. The van der Waals surface area contributed by atoms with Gasteiger partial charge in [0.05, 0.1) is 10.6 Å². The van der Waals surface area contributed by atoms with E-state index in [1.54, 1.807) is 24.4 Å². The monoisotopic (exact) mass is 427 g/mol. The lowest BCUT2D eigenvalue weighted by Gasteiger charge is -2.12. The van der Waals surface area contributed by atoms with Crippen molar-refractivity contribution in [2.75, 3.05) is 4.72 Å². The van der Waals surface area contributed by atoms with Crippen LogP contribution in [0.2, 0.25) is 0 Å². The summed E-state index contributed by atoms with van der Waals surface area (Å²) in [5.41, 5.74) is 0.204. The summed E-state index contributed by atoms with van der Waals surface area (Å²) in [7, 11) is -4.13. The molecule has 1 N–H and O–H groups in total. The van der Waals surface area contributed by atoms with Crippen LogP contribution in [0.3, 0.4) is 0 Å². The molecule has 0 saturated carbocycles. The predicted octanol–water partition coefficient (Wildman–Crippen LogP) is 4.33. The van der Waals surface area contributed by atoms with E-state index in [-0.39, 0.29) is 10.6 Å². The molecule has 3 aromatic rings. The van der Waals surface area contributed by atoms with Gasteiger partial charge in [0.1, 0.15) is 15.8 Å². The van der Waals surface area contributed by atoms with Gasteiger partial charge in [-0.25, -0.2) is 18.4 Å². The first-order valence-corrected chi connectivity index (χ1v) is 9.95. The predicted molar refractivity (Wildman–Crippen MR) is 96.5 cm³/mol. The van der Waals surface area contributed by atoms with Crippen LogP contribution in [-0.4, -0.2) is 24.7 Å². The van der Waals surface area contributed by atoms with Gasteiger partial charge in [-0.1, -0.05) is 23.9 Å². The molecule has 2 heterocycles. The number of sulfonamides is 1. The maximum atomic E-state index is 12.5. The molecule has 11 heteroatoms. The van der Waals surface area contributed by atoms with E-state index >= 15 is 0 Å². The van der Waals surface area contributed by atoms with Crippen LogP contribution in [-0.2, 0) is 10.0 Å². The molecule has 0 saturated heterocycles. The Kier molecular flexibility index (Phi) is 5.75. The van der Waals surface area contributed by atoms with E-state index in [9.17, 15) is 21.6 Å². The summed E-state index contributed by atoms with van der Waals surface area (Å²) in [5.74, 6) is -0.628. The van der Waals surface area contributed by atoms with Crippen molar-refractivity contribution < 1.29 is 26.3 Å². The van der Waals surface area contributed by atoms with E-state index < -0.39 is 22.1 Å². The molecule has 28 heavy (non-hydrogen) atoms. The number of nitrogens with one attached hydrogen (secondary N) is 1. The molecule has 0 amide bonds. The van der Waals surface area contributed by atoms with Gasteiger partial charge < -0.3 is 4.74 Å². The van der Waals surface area contributed by atoms with Crippen LogP contribution in [0.25, 0.3) is 0 Å². The van der Waals surface area contributed by atoms with Gasteiger partial charge in [0, 0.05) is 18.5 Å². The van der Waals surface area contributed by atoms with Gasteiger partial charge in [0.15, 0.2) is 0 Å². The molecule has 6 nitrogen and oxygen atoms in total. The average molecular weight is 427 g/mol. The Morgan fingerprint density at radius 2 is 1.71 bits per heavy atom. The number of benzene rings is 1. The zero-order chi connectivity index (χ0) is 20.2. The quantitative estimate of drug-likeness (QED) is 0.631. The van der Waals surface area contributed by atoms with Crippen molar-refractivity contribution in [1.29, 1.82) is 0 Å². The molecule has 3 rings (SSSR count). The van der Waals surface area contributed by atoms with Crippen molar-refractivity contribution in [3.63, 3.8) is 0 Å². The van der Waals surface area contributed by atoms with Gasteiger partial charge in [-0.2, -0.15) is 0 Å². The van der Waals surface area contributed by atoms with Crippen LogP contribution >= 0.6 is 11.8 Å². The lowest BCUT2D eigenvalue weighted by atomic mass is 10.3.